The van der Waals surface area contributed by atoms with Crippen molar-refractivity contribution in [3.05, 3.63) is 34.9 Å². The molecule has 6 N–H and O–H groups in total. The zero-order valence-corrected chi connectivity index (χ0v) is 47.6. The average molecular weight is 1010 g/mol. The van der Waals surface area contributed by atoms with E-state index in [9.17, 15) is 28.8 Å². The number of unbranched alkanes of at least 4 members (excludes halogenated alkanes) is 27. The molecule has 0 heterocycles. The number of nitrogens with two attached hydrogens (primary N) is 3. The Hall–Kier alpha value is -3.48. The van der Waals surface area contributed by atoms with Crippen molar-refractivity contribution in [3.63, 3.8) is 0 Å². The second kappa shape index (κ2) is 39.9. The lowest BCUT2D eigenvalue weighted by atomic mass is 9.98. The molecule has 1 aromatic rings. The Bertz CT molecular complexity index is 1480. The number of hydrogen-bond acceptors (Lipinski definition) is 9. The molecule has 0 saturated heterocycles. The minimum Gasteiger partial charge on any atom is -0.320 e. The molecule has 0 spiro atoms. The third kappa shape index (κ3) is 26.1. The second-order valence-corrected chi connectivity index (χ2v) is 22.0. The summed E-state index contributed by atoms with van der Waals surface area (Å²) in [5.74, 6) is -4.54. The van der Waals surface area contributed by atoms with Gasteiger partial charge in [0.15, 0.2) is 0 Å². The van der Waals surface area contributed by atoms with E-state index >= 15 is 0 Å². The molecule has 12 nitrogen and oxygen atoms in total. The minimum absolute atomic E-state index is 0.0837. The van der Waals surface area contributed by atoms with Gasteiger partial charge in [0.25, 0.3) is 17.7 Å². The van der Waals surface area contributed by atoms with Gasteiger partial charge >= 0.3 is 0 Å². The number of nitrogens with zero attached hydrogens (tertiary/aromatic N) is 3. The summed E-state index contributed by atoms with van der Waals surface area (Å²) < 4.78 is 0. The number of carbonyl (C=O) groups excluding carboxylic acids is 6. The fraction of sp³-hybridized carbons (Fsp3) is 0.800. The lowest BCUT2D eigenvalue weighted by Gasteiger charge is -2.28. The number of carbonyl (C=O) groups is 6. The highest BCUT2D eigenvalue weighted by Gasteiger charge is 2.35. The summed E-state index contributed by atoms with van der Waals surface area (Å²) in [4.78, 5) is 90.7. The summed E-state index contributed by atoms with van der Waals surface area (Å²) in [5.41, 5.74) is 19.1. The summed E-state index contributed by atoms with van der Waals surface area (Å²) in [6.07, 6.45) is 32.1. The van der Waals surface area contributed by atoms with E-state index in [0.717, 1.165) is 91.7 Å². The van der Waals surface area contributed by atoms with Crippen LogP contribution in [0.15, 0.2) is 18.2 Å². The largest absolute Gasteiger partial charge is 0.320 e. The quantitative estimate of drug-likeness (QED) is 0.0535. The number of imide groups is 3. The van der Waals surface area contributed by atoms with Crippen LogP contribution < -0.4 is 17.2 Å². The molecule has 0 fully saturated rings. The van der Waals surface area contributed by atoms with Crippen molar-refractivity contribution >= 4 is 35.4 Å². The molecule has 0 bridgehead atoms. The van der Waals surface area contributed by atoms with E-state index in [1.54, 1.807) is 0 Å². The number of amides is 6. The van der Waals surface area contributed by atoms with Crippen LogP contribution in [0.5, 0.6) is 0 Å². The zero-order valence-electron chi connectivity index (χ0n) is 47.6. The first kappa shape index (κ1) is 66.5. The number of hydrogen-bond donors (Lipinski definition) is 3. The van der Waals surface area contributed by atoms with Gasteiger partial charge < -0.3 is 17.2 Å². The Balaban J connectivity index is 3.78. The molecule has 0 radical (unpaired) electrons. The van der Waals surface area contributed by atoms with Gasteiger partial charge in [-0.3, -0.25) is 43.5 Å². The van der Waals surface area contributed by atoms with Gasteiger partial charge in [-0.05, 0) is 55.2 Å². The molecule has 0 unspecified atom stereocenters. The molecular formula is C60H108N6O6. The lowest BCUT2D eigenvalue weighted by molar-refractivity contribution is -0.131. The smallest absolute Gasteiger partial charge is 0.260 e. The summed E-state index contributed by atoms with van der Waals surface area (Å²) in [5, 5.41) is 0. The van der Waals surface area contributed by atoms with Gasteiger partial charge in [0, 0.05) is 36.3 Å². The van der Waals surface area contributed by atoms with Gasteiger partial charge in [0.1, 0.15) is 0 Å². The highest BCUT2D eigenvalue weighted by molar-refractivity contribution is 6.13. The van der Waals surface area contributed by atoms with Gasteiger partial charge in [-0.2, -0.15) is 0 Å². The normalized spacial score (nSPS) is 12.9. The maximum atomic E-state index is 14.9. The monoisotopic (exact) mass is 1010 g/mol. The standard InChI is InChI=1S/C60H108N6O6/c1-10-13-16-19-22-25-28-31-34-37-40-64(58(70)52(61)46(4)5)55(67)49-43-50(56(68)65(59(71)53(62)47(6)7)41-38-35-32-29-26-23-20-17-14-11-2)45-51(44-49)57(69)66(60(72)54(63)48(8)9)42-39-36-33-30-27-24-21-18-15-12-3/h43-48,52-54H,10-42,61-63H2,1-9H3/t52-,53-,54-/m0/s1. The van der Waals surface area contributed by atoms with Crippen LogP contribution >= 0.6 is 0 Å². The maximum Gasteiger partial charge on any atom is 0.260 e. The van der Waals surface area contributed by atoms with E-state index in [-0.39, 0.29) is 54.1 Å². The second-order valence-electron chi connectivity index (χ2n) is 22.0. The minimum atomic E-state index is -0.971. The third-order valence-electron chi connectivity index (χ3n) is 14.4. The number of rotatable bonds is 42. The van der Waals surface area contributed by atoms with E-state index in [1.165, 1.54) is 115 Å². The van der Waals surface area contributed by atoms with Crippen LogP contribution in [0.25, 0.3) is 0 Å². The van der Waals surface area contributed by atoms with Crippen molar-refractivity contribution in [2.24, 2.45) is 35.0 Å². The molecule has 0 aliphatic rings. The van der Waals surface area contributed by atoms with E-state index in [2.05, 4.69) is 20.8 Å². The molecule has 12 heteroatoms. The first-order valence-corrected chi connectivity index (χ1v) is 29.4. The van der Waals surface area contributed by atoms with Crippen molar-refractivity contribution < 1.29 is 28.8 Å². The van der Waals surface area contributed by atoms with Crippen LogP contribution in [0.3, 0.4) is 0 Å². The van der Waals surface area contributed by atoms with Crippen molar-refractivity contribution in [2.45, 2.75) is 273 Å². The molecule has 0 aliphatic heterocycles. The molecule has 414 valence electrons. The Kier molecular flexibility index (Phi) is 36.9. The van der Waals surface area contributed by atoms with E-state index in [4.69, 9.17) is 17.2 Å². The van der Waals surface area contributed by atoms with Crippen molar-refractivity contribution in [2.75, 3.05) is 19.6 Å². The Morgan fingerprint density at radius 1 is 0.319 bits per heavy atom. The Morgan fingerprint density at radius 3 is 0.653 bits per heavy atom. The van der Waals surface area contributed by atoms with Gasteiger partial charge in [0.05, 0.1) is 18.1 Å². The van der Waals surface area contributed by atoms with Gasteiger partial charge in [-0.15, -0.1) is 0 Å². The van der Waals surface area contributed by atoms with Crippen molar-refractivity contribution in [1.29, 1.82) is 0 Å². The summed E-state index contributed by atoms with van der Waals surface area (Å²) >= 11 is 0. The Morgan fingerprint density at radius 2 is 0.486 bits per heavy atom. The highest BCUT2D eigenvalue weighted by atomic mass is 16.2. The van der Waals surface area contributed by atoms with E-state index in [1.807, 2.05) is 41.5 Å². The first-order valence-electron chi connectivity index (χ1n) is 29.4. The summed E-state index contributed by atoms with van der Waals surface area (Å²) in [6.45, 7) is 17.9. The summed E-state index contributed by atoms with van der Waals surface area (Å²) in [7, 11) is 0. The van der Waals surface area contributed by atoms with Crippen LogP contribution in [0.4, 0.5) is 0 Å². The first-order chi connectivity index (χ1) is 34.5. The van der Waals surface area contributed by atoms with Crippen LogP contribution in [0.1, 0.15) is 286 Å². The fourth-order valence-corrected chi connectivity index (χ4v) is 9.07. The molecular weight excluding hydrogens is 901 g/mol. The summed E-state index contributed by atoms with van der Waals surface area (Å²) in [6, 6.07) is 1.20. The third-order valence-corrected chi connectivity index (χ3v) is 14.4. The zero-order chi connectivity index (χ0) is 53.8. The molecule has 1 rings (SSSR count). The SMILES string of the molecule is CCCCCCCCCCCCN(C(=O)c1cc(C(=O)N(CCCCCCCCCCCC)C(=O)[C@@H](N)C(C)C)cc(C(=O)N(CCCCCCCCCCCC)C(=O)[C@@H](N)C(C)C)c1)C(=O)[C@@H](N)C(C)C. The molecule has 0 aromatic heterocycles. The predicted molar refractivity (Wildman–Crippen MR) is 299 cm³/mol. The van der Waals surface area contributed by atoms with Crippen LogP contribution in [0.2, 0.25) is 0 Å². The van der Waals surface area contributed by atoms with Crippen LogP contribution in [0, 0.1) is 17.8 Å². The molecule has 0 saturated carbocycles. The van der Waals surface area contributed by atoms with Gasteiger partial charge in [-0.25, -0.2) is 0 Å². The molecule has 0 aliphatic carbocycles. The maximum absolute atomic E-state index is 14.9. The number of benzene rings is 1. The van der Waals surface area contributed by atoms with Crippen molar-refractivity contribution in [3.8, 4) is 0 Å². The van der Waals surface area contributed by atoms with E-state index in [0.29, 0.717) is 19.3 Å². The lowest BCUT2D eigenvalue weighted by Crippen LogP contribution is -2.50. The van der Waals surface area contributed by atoms with Crippen LogP contribution in [-0.2, 0) is 14.4 Å². The molecule has 6 amide bonds. The predicted octanol–water partition coefficient (Wildman–Crippen LogP) is 13.3. The van der Waals surface area contributed by atoms with Gasteiger partial charge in [-0.1, -0.05) is 236 Å². The Labute approximate surface area is 439 Å². The average Bonchev–Trinajstić information content (AvgIpc) is 3.36. The fourth-order valence-electron chi connectivity index (χ4n) is 9.07. The molecule has 1 aromatic carbocycles. The highest BCUT2D eigenvalue weighted by Crippen LogP contribution is 2.23. The molecule has 72 heavy (non-hydrogen) atoms. The van der Waals surface area contributed by atoms with Crippen molar-refractivity contribution in [1.82, 2.24) is 14.7 Å². The van der Waals surface area contributed by atoms with Gasteiger partial charge in [0.2, 0.25) is 17.7 Å². The topological polar surface area (TPSA) is 190 Å². The molecule has 3 atom stereocenters. The van der Waals surface area contributed by atoms with Crippen LogP contribution in [-0.4, -0.2) is 87.9 Å². The van der Waals surface area contributed by atoms with E-state index < -0.39 is 53.6 Å².